The molecular weight excluding hydrogens is 416 g/mol. The number of nitro benzene ring substituents is 1. The third-order valence-corrected chi connectivity index (χ3v) is 5.78. The standard InChI is InChI=1S/C22H26N4O4S/c1-31-13-10-20(24-21(27)16-6-4-9-19(14-16)26(29)30)22(28)23-17-7-5-8-18(15-17)25-11-2-3-12-25/h4-9,14-15,20H,2-3,10-13H2,1H3,(H,23,28)(H,24,27). The highest BCUT2D eigenvalue weighted by Crippen LogP contribution is 2.23. The van der Waals surface area contributed by atoms with Crippen molar-refractivity contribution in [1.29, 1.82) is 0 Å². The first-order chi connectivity index (χ1) is 15.0. The highest BCUT2D eigenvalue weighted by atomic mass is 32.2. The van der Waals surface area contributed by atoms with Crippen LogP contribution in [0.25, 0.3) is 0 Å². The Kier molecular flexibility index (Phi) is 7.88. The van der Waals surface area contributed by atoms with E-state index < -0.39 is 16.9 Å². The minimum Gasteiger partial charge on any atom is -0.371 e. The Morgan fingerprint density at radius 2 is 1.90 bits per heavy atom. The van der Waals surface area contributed by atoms with Crippen LogP contribution in [0.5, 0.6) is 0 Å². The van der Waals surface area contributed by atoms with Crippen LogP contribution < -0.4 is 15.5 Å². The number of nitro groups is 1. The molecule has 0 spiro atoms. The van der Waals surface area contributed by atoms with Crippen molar-refractivity contribution in [1.82, 2.24) is 5.32 Å². The number of nitrogens with one attached hydrogen (secondary N) is 2. The summed E-state index contributed by atoms with van der Waals surface area (Å²) in [6.45, 7) is 2.01. The van der Waals surface area contributed by atoms with Crippen molar-refractivity contribution in [2.75, 3.05) is 35.3 Å². The van der Waals surface area contributed by atoms with Gasteiger partial charge in [-0.05, 0) is 55.5 Å². The van der Waals surface area contributed by atoms with Crippen LogP contribution in [-0.2, 0) is 4.79 Å². The maximum atomic E-state index is 12.9. The maximum absolute atomic E-state index is 12.9. The molecule has 2 amide bonds. The molecule has 0 aliphatic carbocycles. The number of hydrogen-bond acceptors (Lipinski definition) is 6. The Labute approximate surface area is 185 Å². The lowest BCUT2D eigenvalue weighted by Gasteiger charge is -2.20. The molecule has 2 N–H and O–H groups in total. The zero-order valence-corrected chi connectivity index (χ0v) is 18.2. The fraction of sp³-hybridized carbons (Fsp3) is 0.364. The number of carbonyl (C=O) groups excluding carboxylic acids is 2. The van der Waals surface area contributed by atoms with Crippen molar-refractivity contribution in [2.24, 2.45) is 0 Å². The van der Waals surface area contributed by atoms with E-state index in [1.807, 2.05) is 30.5 Å². The Morgan fingerprint density at radius 3 is 2.61 bits per heavy atom. The molecule has 2 aromatic rings. The van der Waals surface area contributed by atoms with Gasteiger partial charge in [0.05, 0.1) is 4.92 Å². The summed E-state index contributed by atoms with van der Waals surface area (Å²) >= 11 is 1.57. The molecular formula is C22H26N4O4S. The number of thioether (sulfide) groups is 1. The van der Waals surface area contributed by atoms with Crippen molar-refractivity contribution < 1.29 is 14.5 Å². The summed E-state index contributed by atoms with van der Waals surface area (Å²) in [6, 6.07) is 12.4. The van der Waals surface area contributed by atoms with Crippen molar-refractivity contribution in [2.45, 2.75) is 25.3 Å². The quantitative estimate of drug-likeness (QED) is 0.453. The van der Waals surface area contributed by atoms with Gasteiger partial charge in [0.2, 0.25) is 5.91 Å². The number of benzene rings is 2. The predicted molar refractivity (Wildman–Crippen MR) is 124 cm³/mol. The van der Waals surface area contributed by atoms with Gasteiger partial charge in [-0.15, -0.1) is 0 Å². The summed E-state index contributed by atoms with van der Waals surface area (Å²) < 4.78 is 0. The highest BCUT2D eigenvalue weighted by molar-refractivity contribution is 7.98. The summed E-state index contributed by atoms with van der Waals surface area (Å²) in [7, 11) is 0. The summed E-state index contributed by atoms with van der Waals surface area (Å²) in [5.74, 6) is -0.150. The molecule has 0 bridgehead atoms. The second-order valence-electron chi connectivity index (χ2n) is 7.35. The van der Waals surface area contributed by atoms with Crippen LogP contribution in [0.15, 0.2) is 48.5 Å². The second kappa shape index (κ2) is 10.8. The van der Waals surface area contributed by atoms with Gasteiger partial charge >= 0.3 is 0 Å². The molecule has 9 heteroatoms. The number of nitrogens with zero attached hydrogens (tertiary/aromatic N) is 2. The van der Waals surface area contributed by atoms with E-state index in [1.165, 1.54) is 24.3 Å². The maximum Gasteiger partial charge on any atom is 0.270 e. The van der Waals surface area contributed by atoms with E-state index in [-0.39, 0.29) is 17.2 Å². The first-order valence-corrected chi connectivity index (χ1v) is 11.6. The molecule has 2 aromatic carbocycles. The van der Waals surface area contributed by atoms with E-state index in [0.717, 1.165) is 31.6 Å². The molecule has 1 fully saturated rings. The second-order valence-corrected chi connectivity index (χ2v) is 8.33. The lowest BCUT2D eigenvalue weighted by molar-refractivity contribution is -0.384. The van der Waals surface area contributed by atoms with Gasteiger partial charge in [-0.2, -0.15) is 11.8 Å². The topological polar surface area (TPSA) is 105 Å². The zero-order valence-electron chi connectivity index (χ0n) is 17.4. The van der Waals surface area contributed by atoms with Gasteiger partial charge in [-0.3, -0.25) is 19.7 Å². The Hall–Kier alpha value is -3.07. The molecule has 8 nitrogen and oxygen atoms in total. The molecule has 1 saturated heterocycles. The van der Waals surface area contributed by atoms with Gasteiger partial charge in [-0.25, -0.2) is 0 Å². The summed E-state index contributed by atoms with van der Waals surface area (Å²) in [6.07, 6.45) is 4.70. The van der Waals surface area contributed by atoms with E-state index in [2.05, 4.69) is 15.5 Å². The molecule has 0 radical (unpaired) electrons. The van der Waals surface area contributed by atoms with Crippen molar-refractivity contribution in [3.63, 3.8) is 0 Å². The number of carbonyl (C=O) groups is 2. The number of hydrogen-bond donors (Lipinski definition) is 2. The first-order valence-electron chi connectivity index (χ1n) is 10.2. The Bertz CT molecular complexity index is 947. The van der Waals surface area contributed by atoms with E-state index in [4.69, 9.17) is 0 Å². The van der Waals surface area contributed by atoms with E-state index >= 15 is 0 Å². The normalized spacial score (nSPS) is 14.2. The Morgan fingerprint density at radius 1 is 1.16 bits per heavy atom. The SMILES string of the molecule is CSCCC(NC(=O)c1cccc([N+](=O)[O-])c1)C(=O)Nc1cccc(N2CCCC2)c1. The minimum atomic E-state index is -0.755. The van der Waals surface area contributed by atoms with Gasteiger partial charge in [0.25, 0.3) is 11.6 Å². The Balaban J connectivity index is 1.70. The molecule has 1 aliphatic heterocycles. The largest absolute Gasteiger partial charge is 0.371 e. The lowest BCUT2D eigenvalue weighted by Crippen LogP contribution is -2.44. The molecule has 0 aromatic heterocycles. The molecule has 164 valence electrons. The summed E-state index contributed by atoms with van der Waals surface area (Å²) in [5, 5.41) is 16.6. The van der Waals surface area contributed by atoms with Crippen molar-refractivity contribution in [3.8, 4) is 0 Å². The number of anilines is 2. The van der Waals surface area contributed by atoms with Crippen molar-refractivity contribution in [3.05, 3.63) is 64.2 Å². The monoisotopic (exact) mass is 442 g/mol. The van der Waals surface area contributed by atoms with E-state index in [9.17, 15) is 19.7 Å². The summed E-state index contributed by atoms with van der Waals surface area (Å²) in [5.41, 5.74) is 1.72. The molecule has 1 aliphatic rings. The zero-order chi connectivity index (χ0) is 22.2. The minimum absolute atomic E-state index is 0.146. The molecule has 31 heavy (non-hydrogen) atoms. The summed E-state index contributed by atoms with van der Waals surface area (Å²) in [4.78, 5) is 38.3. The van der Waals surface area contributed by atoms with Crippen LogP contribution >= 0.6 is 11.8 Å². The smallest absolute Gasteiger partial charge is 0.270 e. The molecule has 1 atom stereocenters. The molecule has 1 heterocycles. The average molecular weight is 443 g/mol. The lowest BCUT2D eigenvalue weighted by atomic mass is 10.1. The predicted octanol–water partition coefficient (Wildman–Crippen LogP) is 3.69. The van der Waals surface area contributed by atoms with Crippen LogP contribution in [0, 0.1) is 10.1 Å². The van der Waals surface area contributed by atoms with Gasteiger partial charge in [0.1, 0.15) is 6.04 Å². The number of rotatable bonds is 9. The van der Waals surface area contributed by atoms with Crippen LogP contribution in [0.2, 0.25) is 0 Å². The van der Waals surface area contributed by atoms with Crippen LogP contribution in [0.4, 0.5) is 17.1 Å². The third-order valence-electron chi connectivity index (χ3n) is 5.14. The highest BCUT2D eigenvalue weighted by Gasteiger charge is 2.22. The first kappa shape index (κ1) is 22.6. The number of amides is 2. The van der Waals surface area contributed by atoms with Crippen LogP contribution in [-0.4, -0.2) is 47.9 Å². The van der Waals surface area contributed by atoms with Gasteiger partial charge in [0, 0.05) is 42.2 Å². The van der Waals surface area contributed by atoms with Crippen LogP contribution in [0.1, 0.15) is 29.6 Å². The third kappa shape index (κ3) is 6.21. The van der Waals surface area contributed by atoms with Gasteiger partial charge in [-0.1, -0.05) is 12.1 Å². The van der Waals surface area contributed by atoms with E-state index in [0.29, 0.717) is 17.9 Å². The van der Waals surface area contributed by atoms with E-state index in [1.54, 1.807) is 11.8 Å². The number of non-ortho nitro benzene ring substituents is 1. The van der Waals surface area contributed by atoms with Crippen LogP contribution in [0.3, 0.4) is 0 Å². The fourth-order valence-electron chi connectivity index (χ4n) is 3.49. The molecule has 0 saturated carbocycles. The molecule has 1 unspecified atom stereocenters. The van der Waals surface area contributed by atoms with Gasteiger partial charge < -0.3 is 15.5 Å². The van der Waals surface area contributed by atoms with Crippen molar-refractivity contribution >= 4 is 40.6 Å². The fourth-order valence-corrected chi connectivity index (χ4v) is 3.96. The average Bonchev–Trinajstić information content (AvgIpc) is 3.31. The molecule has 3 rings (SSSR count). The van der Waals surface area contributed by atoms with Gasteiger partial charge in [0.15, 0.2) is 0 Å².